The van der Waals surface area contributed by atoms with E-state index in [1.165, 1.54) is 0 Å². The van der Waals surface area contributed by atoms with Gasteiger partial charge in [0.05, 0.1) is 29.3 Å². The number of carbonyl (C=O) groups is 2. The zero-order chi connectivity index (χ0) is 23.4. The Kier molecular flexibility index (Phi) is 6.74. The molecule has 1 atom stereocenters. The number of fused-ring (bicyclic) bond motifs is 1. The lowest BCUT2D eigenvalue weighted by Crippen LogP contribution is -2.52. The molecule has 174 valence electrons. The van der Waals surface area contributed by atoms with E-state index in [0.29, 0.717) is 26.2 Å². The number of likely N-dealkylation sites (tertiary alicyclic amines) is 1. The molecule has 2 amide bonds. The van der Waals surface area contributed by atoms with Crippen LogP contribution in [0.4, 0.5) is 5.69 Å². The van der Waals surface area contributed by atoms with Crippen molar-refractivity contribution >= 4 is 28.5 Å². The van der Waals surface area contributed by atoms with Gasteiger partial charge in [0.2, 0.25) is 11.8 Å². The van der Waals surface area contributed by atoms with Crippen molar-refractivity contribution in [1.82, 2.24) is 24.3 Å². The number of nitrogens with one attached hydrogen (secondary N) is 1. The molecule has 1 aromatic carbocycles. The number of likely N-dealkylation sites (N-methyl/N-ethyl adjacent to an activating group) is 1. The van der Waals surface area contributed by atoms with E-state index in [2.05, 4.69) is 26.8 Å². The van der Waals surface area contributed by atoms with E-state index in [9.17, 15) is 9.59 Å². The predicted molar refractivity (Wildman–Crippen MR) is 129 cm³/mol. The average Bonchev–Trinajstić information content (AvgIpc) is 3.22. The Balaban J connectivity index is 1.37. The average molecular weight is 449 g/mol. The third-order valence-corrected chi connectivity index (χ3v) is 6.40. The summed E-state index contributed by atoms with van der Waals surface area (Å²) in [6, 6.07) is 9.70. The Morgan fingerprint density at radius 3 is 2.88 bits per heavy atom. The number of piperidine rings is 1. The van der Waals surface area contributed by atoms with Crippen molar-refractivity contribution in [1.29, 1.82) is 0 Å². The molecule has 1 fully saturated rings. The molecule has 1 aliphatic heterocycles. The lowest BCUT2D eigenvalue weighted by Gasteiger charge is -2.39. The van der Waals surface area contributed by atoms with Crippen LogP contribution in [0.25, 0.3) is 11.0 Å². The molecular formula is C25H32N6O2. The lowest BCUT2D eigenvalue weighted by atomic mass is 9.80. The van der Waals surface area contributed by atoms with Crippen molar-refractivity contribution in [3.05, 3.63) is 54.6 Å². The fourth-order valence-electron chi connectivity index (χ4n) is 4.50. The minimum absolute atomic E-state index is 0.0478. The Hall–Kier alpha value is -3.26. The molecule has 0 saturated carbocycles. The molecule has 3 heterocycles. The van der Waals surface area contributed by atoms with Crippen LogP contribution < -0.4 is 5.32 Å². The second-order valence-electron chi connectivity index (χ2n) is 9.20. The number of anilines is 1. The highest BCUT2D eigenvalue weighted by molar-refractivity contribution is 5.97. The maximum Gasteiger partial charge on any atom is 0.236 e. The number of hydrogen-bond acceptors (Lipinski definition) is 5. The van der Waals surface area contributed by atoms with Crippen LogP contribution in [0.3, 0.4) is 0 Å². The van der Waals surface area contributed by atoms with Crippen LogP contribution >= 0.6 is 0 Å². The normalized spacial score (nSPS) is 18.6. The highest BCUT2D eigenvalue weighted by Crippen LogP contribution is 2.31. The number of benzene rings is 1. The van der Waals surface area contributed by atoms with Crippen molar-refractivity contribution in [2.24, 2.45) is 5.41 Å². The summed E-state index contributed by atoms with van der Waals surface area (Å²) in [7, 11) is 1.93. The molecular weight excluding hydrogens is 416 g/mol. The van der Waals surface area contributed by atoms with Gasteiger partial charge in [0.15, 0.2) is 0 Å². The molecule has 0 spiro atoms. The first kappa shape index (κ1) is 22.9. The second kappa shape index (κ2) is 9.70. The van der Waals surface area contributed by atoms with Crippen LogP contribution in [0.5, 0.6) is 0 Å². The summed E-state index contributed by atoms with van der Waals surface area (Å²) in [6.45, 7) is 6.94. The summed E-state index contributed by atoms with van der Waals surface area (Å²) in [5, 5.41) is 3.06. The van der Waals surface area contributed by atoms with Crippen molar-refractivity contribution < 1.29 is 9.59 Å². The molecule has 8 heteroatoms. The fourth-order valence-corrected chi connectivity index (χ4v) is 4.50. The standard InChI is InChI=1S/C25H32N6O2/c1-4-30-18-27-21-13-20(8-9-22(21)30)28-24(33)25(2)10-6-12-31(17-25)23(32)16-29(3)15-19-7-5-11-26-14-19/h5,7-9,11,13-14,18H,4,6,10,12,15-17H2,1-3H3,(H,28,33). The number of carbonyl (C=O) groups excluding carboxylic acids is 2. The third kappa shape index (κ3) is 5.22. The molecule has 4 rings (SSSR count). The first-order chi connectivity index (χ1) is 15.9. The zero-order valence-corrected chi connectivity index (χ0v) is 19.6. The van der Waals surface area contributed by atoms with E-state index < -0.39 is 5.41 Å². The highest BCUT2D eigenvalue weighted by atomic mass is 16.2. The topological polar surface area (TPSA) is 83.4 Å². The fraction of sp³-hybridized carbons (Fsp3) is 0.440. The number of amides is 2. The van der Waals surface area contributed by atoms with E-state index >= 15 is 0 Å². The molecule has 33 heavy (non-hydrogen) atoms. The van der Waals surface area contributed by atoms with Crippen LogP contribution in [0.15, 0.2) is 49.1 Å². The van der Waals surface area contributed by atoms with Gasteiger partial charge in [-0.05, 0) is 63.6 Å². The van der Waals surface area contributed by atoms with Crippen molar-refractivity contribution in [3.8, 4) is 0 Å². The predicted octanol–water partition coefficient (Wildman–Crippen LogP) is 3.15. The molecule has 2 aromatic heterocycles. The number of aromatic nitrogens is 3. The minimum atomic E-state index is -0.631. The number of imidazole rings is 1. The molecule has 1 unspecified atom stereocenters. The van der Waals surface area contributed by atoms with Crippen LogP contribution in [0, 0.1) is 5.41 Å². The summed E-state index contributed by atoms with van der Waals surface area (Å²) >= 11 is 0. The van der Waals surface area contributed by atoms with Gasteiger partial charge in [-0.3, -0.25) is 19.5 Å². The Bertz CT molecular complexity index is 1130. The van der Waals surface area contributed by atoms with Crippen LogP contribution in [0.1, 0.15) is 32.3 Å². The second-order valence-corrected chi connectivity index (χ2v) is 9.20. The molecule has 0 radical (unpaired) electrons. The monoisotopic (exact) mass is 448 g/mol. The van der Waals surface area contributed by atoms with Gasteiger partial charge in [-0.1, -0.05) is 6.07 Å². The van der Waals surface area contributed by atoms with Gasteiger partial charge < -0.3 is 14.8 Å². The summed E-state index contributed by atoms with van der Waals surface area (Å²) in [6.07, 6.45) is 6.92. The highest BCUT2D eigenvalue weighted by Gasteiger charge is 2.39. The van der Waals surface area contributed by atoms with Crippen LogP contribution in [0.2, 0.25) is 0 Å². The van der Waals surface area contributed by atoms with E-state index in [-0.39, 0.29) is 11.8 Å². The maximum atomic E-state index is 13.2. The van der Waals surface area contributed by atoms with Gasteiger partial charge in [0.1, 0.15) is 0 Å². The number of pyridine rings is 1. The summed E-state index contributed by atoms with van der Waals surface area (Å²) in [5.74, 6) is -0.00960. The van der Waals surface area contributed by atoms with Gasteiger partial charge >= 0.3 is 0 Å². The molecule has 0 bridgehead atoms. The largest absolute Gasteiger partial charge is 0.341 e. The summed E-state index contributed by atoms with van der Waals surface area (Å²) < 4.78 is 2.07. The maximum absolute atomic E-state index is 13.2. The first-order valence-corrected chi connectivity index (χ1v) is 11.5. The molecule has 0 aliphatic carbocycles. The van der Waals surface area contributed by atoms with E-state index in [1.807, 2.05) is 66.6 Å². The van der Waals surface area contributed by atoms with Crippen molar-refractivity contribution in [2.45, 2.75) is 39.8 Å². The smallest absolute Gasteiger partial charge is 0.236 e. The quantitative estimate of drug-likeness (QED) is 0.600. The number of aryl methyl sites for hydroxylation is 1. The number of hydrogen-bond donors (Lipinski definition) is 1. The molecule has 1 N–H and O–H groups in total. The van der Waals surface area contributed by atoms with Crippen molar-refractivity contribution in [2.75, 3.05) is 32.0 Å². The molecule has 1 saturated heterocycles. The SMILES string of the molecule is CCn1cnc2cc(NC(=O)C3(C)CCCN(C(=O)CN(C)Cc4cccnc4)C3)ccc21. The molecule has 8 nitrogen and oxygen atoms in total. The van der Waals surface area contributed by atoms with E-state index in [0.717, 1.165) is 41.7 Å². The molecule has 3 aromatic rings. The summed E-state index contributed by atoms with van der Waals surface area (Å²) in [5.41, 5.74) is 3.07. The van der Waals surface area contributed by atoms with Gasteiger partial charge in [-0.15, -0.1) is 0 Å². The lowest BCUT2D eigenvalue weighted by molar-refractivity contribution is -0.139. The van der Waals surface area contributed by atoms with Crippen LogP contribution in [-0.4, -0.2) is 62.8 Å². The Morgan fingerprint density at radius 2 is 2.12 bits per heavy atom. The zero-order valence-electron chi connectivity index (χ0n) is 19.6. The van der Waals surface area contributed by atoms with E-state index in [4.69, 9.17) is 0 Å². The minimum Gasteiger partial charge on any atom is -0.341 e. The first-order valence-electron chi connectivity index (χ1n) is 11.5. The summed E-state index contributed by atoms with van der Waals surface area (Å²) in [4.78, 5) is 38.6. The van der Waals surface area contributed by atoms with Crippen LogP contribution in [-0.2, 0) is 22.7 Å². The van der Waals surface area contributed by atoms with Gasteiger partial charge in [-0.25, -0.2) is 4.98 Å². The number of rotatable bonds is 7. The Morgan fingerprint density at radius 1 is 1.27 bits per heavy atom. The third-order valence-electron chi connectivity index (χ3n) is 6.40. The van der Waals surface area contributed by atoms with Gasteiger partial charge in [0, 0.05) is 44.3 Å². The number of nitrogens with zero attached hydrogens (tertiary/aromatic N) is 5. The van der Waals surface area contributed by atoms with E-state index in [1.54, 1.807) is 6.20 Å². The molecule has 1 aliphatic rings. The Labute approximate surface area is 194 Å². The van der Waals surface area contributed by atoms with Gasteiger partial charge in [0.25, 0.3) is 0 Å². The van der Waals surface area contributed by atoms with Gasteiger partial charge in [-0.2, -0.15) is 0 Å². The van der Waals surface area contributed by atoms with Crippen molar-refractivity contribution in [3.63, 3.8) is 0 Å².